The first kappa shape index (κ1) is 56.1. The standard InChI is InChI=1S/C52H98O6/c1-4-7-10-13-16-19-22-24-26-28-30-33-36-39-42-45-51(54)57-48-49(47-56-50(53)44-41-38-35-32-29-21-18-15-12-9-6-3)58-52(55)46-43-40-37-34-31-27-25-23-20-17-14-11-8-5-2/h23,25,49H,4-22,24,26-48H2,1-3H3/b25-23-/t49-/m1/s1. The van der Waals surface area contributed by atoms with E-state index < -0.39 is 6.10 Å². The van der Waals surface area contributed by atoms with Gasteiger partial charge in [-0.2, -0.15) is 0 Å². The van der Waals surface area contributed by atoms with Crippen molar-refractivity contribution in [1.29, 1.82) is 0 Å². The third kappa shape index (κ3) is 45.2. The molecule has 0 aliphatic carbocycles. The highest BCUT2D eigenvalue weighted by molar-refractivity contribution is 5.71. The van der Waals surface area contributed by atoms with Gasteiger partial charge in [0.05, 0.1) is 0 Å². The molecule has 0 aliphatic rings. The Morgan fingerprint density at radius 2 is 0.569 bits per heavy atom. The maximum absolute atomic E-state index is 12.8. The van der Waals surface area contributed by atoms with E-state index in [0.29, 0.717) is 19.3 Å². The van der Waals surface area contributed by atoms with Crippen LogP contribution in [0.2, 0.25) is 0 Å². The second-order valence-electron chi connectivity index (χ2n) is 17.4. The fourth-order valence-corrected chi connectivity index (χ4v) is 7.61. The van der Waals surface area contributed by atoms with Gasteiger partial charge in [-0.15, -0.1) is 0 Å². The molecule has 0 rings (SSSR count). The summed E-state index contributed by atoms with van der Waals surface area (Å²) in [5.74, 6) is -0.862. The molecule has 0 aliphatic heterocycles. The van der Waals surface area contributed by atoms with Crippen LogP contribution >= 0.6 is 0 Å². The molecule has 342 valence electrons. The fourth-order valence-electron chi connectivity index (χ4n) is 7.61. The quantitative estimate of drug-likeness (QED) is 0.0263. The maximum Gasteiger partial charge on any atom is 0.306 e. The largest absolute Gasteiger partial charge is 0.462 e. The number of hydrogen-bond donors (Lipinski definition) is 0. The molecule has 0 heterocycles. The summed E-state index contributed by atoms with van der Waals surface area (Å²) in [6, 6.07) is 0. The second kappa shape index (κ2) is 47.8. The van der Waals surface area contributed by atoms with Gasteiger partial charge in [-0.3, -0.25) is 14.4 Å². The Hall–Kier alpha value is -1.85. The molecule has 6 nitrogen and oxygen atoms in total. The van der Waals surface area contributed by atoms with Gasteiger partial charge >= 0.3 is 17.9 Å². The average molecular weight is 819 g/mol. The van der Waals surface area contributed by atoms with Gasteiger partial charge in [0.2, 0.25) is 0 Å². The molecule has 0 bridgehead atoms. The Balaban J connectivity index is 4.32. The van der Waals surface area contributed by atoms with Crippen molar-refractivity contribution in [2.45, 2.75) is 290 Å². The Kier molecular flexibility index (Phi) is 46.3. The van der Waals surface area contributed by atoms with E-state index in [1.54, 1.807) is 0 Å². The van der Waals surface area contributed by atoms with Gasteiger partial charge in [0.1, 0.15) is 13.2 Å². The highest BCUT2D eigenvalue weighted by atomic mass is 16.6. The summed E-state index contributed by atoms with van der Waals surface area (Å²) in [5, 5.41) is 0. The molecule has 0 N–H and O–H groups in total. The third-order valence-corrected chi connectivity index (χ3v) is 11.5. The number of carbonyl (C=O) groups is 3. The molecule has 0 saturated heterocycles. The van der Waals surface area contributed by atoms with E-state index in [1.165, 1.54) is 180 Å². The Bertz CT molecular complexity index is 900. The number of ether oxygens (including phenoxy) is 3. The molecular formula is C52H98O6. The molecule has 0 radical (unpaired) electrons. The number of hydrogen-bond acceptors (Lipinski definition) is 6. The van der Waals surface area contributed by atoms with E-state index in [-0.39, 0.29) is 31.1 Å². The van der Waals surface area contributed by atoms with E-state index in [9.17, 15) is 14.4 Å². The lowest BCUT2D eigenvalue weighted by molar-refractivity contribution is -0.167. The third-order valence-electron chi connectivity index (χ3n) is 11.5. The zero-order valence-electron chi connectivity index (χ0n) is 39.1. The van der Waals surface area contributed by atoms with E-state index in [4.69, 9.17) is 14.2 Å². The molecular weight excluding hydrogens is 721 g/mol. The van der Waals surface area contributed by atoms with Crippen LogP contribution in [0.4, 0.5) is 0 Å². The van der Waals surface area contributed by atoms with Crippen LogP contribution in [0.1, 0.15) is 284 Å². The fraction of sp³-hybridized carbons (Fsp3) is 0.904. The molecule has 6 heteroatoms. The lowest BCUT2D eigenvalue weighted by Gasteiger charge is -2.18. The predicted octanol–water partition coefficient (Wildman–Crippen LogP) is 16.6. The van der Waals surface area contributed by atoms with Crippen molar-refractivity contribution in [2.75, 3.05) is 13.2 Å². The minimum Gasteiger partial charge on any atom is -0.462 e. The SMILES string of the molecule is CCCCCCC/C=C\CCCCCCCC(=O)O[C@H](COC(=O)CCCCCCCCCCCCC)COC(=O)CCCCCCCCCCCCCCCCC. The smallest absolute Gasteiger partial charge is 0.306 e. The van der Waals surface area contributed by atoms with Gasteiger partial charge in [-0.1, -0.05) is 232 Å². The number of allylic oxidation sites excluding steroid dienone is 2. The lowest BCUT2D eigenvalue weighted by atomic mass is 10.0. The van der Waals surface area contributed by atoms with Crippen molar-refractivity contribution >= 4 is 17.9 Å². The molecule has 0 fully saturated rings. The molecule has 0 amide bonds. The molecule has 58 heavy (non-hydrogen) atoms. The van der Waals surface area contributed by atoms with Crippen molar-refractivity contribution in [3.05, 3.63) is 12.2 Å². The first-order valence-corrected chi connectivity index (χ1v) is 25.7. The van der Waals surface area contributed by atoms with Gasteiger partial charge in [0, 0.05) is 19.3 Å². The van der Waals surface area contributed by atoms with Crippen LogP contribution in [0.5, 0.6) is 0 Å². The van der Waals surface area contributed by atoms with Gasteiger partial charge in [-0.05, 0) is 44.9 Å². The van der Waals surface area contributed by atoms with Crippen LogP contribution in [0, 0.1) is 0 Å². The second-order valence-corrected chi connectivity index (χ2v) is 17.4. The zero-order valence-corrected chi connectivity index (χ0v) is 39.1. The van der Waals surface area contributed by atoms with Crippen LogP contribution < -0.4 is 0 Å². The molecule has 1 atom stereocenters. The van der Waals surface area contributed by atoms with Gasteiger partial charge < -0.3 is 14.2 Å². The molecule has 0 aromatic heterocycles. The number of esters is 3. The van der Waals surface area contributed by atoms with Crippen molar-refractivity contribution in [3.63, 3.8) is 0 Å². The molecule has 0 spiro atoms. The lowest BCUT2D eigenvalue weighted by Crippen LogP contribution is -2.30. The van der Waals surface area contributed by atoms with Crippen LogP contribution in [0.25, 0.3) is 0 Å². The van der Waals surface area contributed by atoms with Crippen molar-refractivity contribution in [3.8, 4) is 0 Å². The van der Waals surface area contributed by atoms with Crippen LogP contribution in [-0.2, 0) is 28.6 Å². The number of unbranched alkanes of at least 4 members (excludes halogenated alkanes) is 34. The topological polar surface area (TPSA) is 78.9 Å². The first-order chi connectivity index (χ1) is 28.5. The minimum absolute atomic E-state index is 0.0682. The molecule has 0 saturated carbocycles. The van der Waals surface area contributed by atoms with E-state index in [0.717, 1.165) is 64.2 Å². The summed E-state index contributed by atoms with van der Waals surface area (Å²) in [4.78, 5) is 37.9. The monoisotopic (exact) mass is 819 g/mol. The van der Waals surface area contributed by atoms with Crippen LogP contribution in [0.15, 0.2) is 12.2 Å². The van der Waals surface area contributed by atoms with E-state index in [2.05, 4.69) is 32.9 Å². The highest BCUT2D eigenvalue weighted by Crippen LogP contribution is 2.16. The van der Waals surface area contributed by atoms with Crippen LogP contribution in [0.3, 0.4) is 0 Å². The highest BCUT2D eigenvalue weighted by Gasteiger charge is 2.19. The summed E-state index contributed by atoms with van der Waals surface area (Å²) in [6.45, 7) is 6.65. The minimum atomic E-state index is -0.766. The van der Waals surface area contributed by atoms with E-state index >= 15 is 0 Å². The van der Waals surface area contributed by atoms with Gasteiger partial charge in [-0.25, -0.2) is 0 Å². The molecule has 0 aromatic carbocycles. The van der Waals surface area contributed by atoms with Crippen molar-refractivity contribution in [2.24, 2.45) is 0 Å². The van der Waals surface area contributed by atoms with Crippen molar-refractivity contribution < 1.29 is 28.6 Å². The maximum atomic E-state index is 12.8. The Morgan fingerprint density at radius 3 is 0.862 bits per heavy atom. The summed E-state index contributed by atoms with van der Waals surface area (Å²) in [7, 11) is 0. The summed E-state index contributed by atoms with van der Waals surface area (Å²) < 4.78 is 16.8. The Labute approximate surface area is 360 Å². The predicted molar refractivity (Wildman–Crippen MR) is 247 cm³/mol. The molecule has 0 unspecified atom stereocenters. The van der Waals surface area contributed by atoms with Gasteiger partial charge in [0.15, 0.2) is 6.10 Å². The summed E-state index contributed by atoms with van der Waals surface area (Å²) in [5.41, 5.74) is 0. The van der Waals surface area contributed by atoms with Crippen LogP contribution in [-0.4, -0.2) is 37.2 Å². The summed E-state index contributed by atoms with van der Waals surface area (Å²) >= 11 is 0. The average Bonchev–Trinajstić information content (AvgIpc) is 3.22. The van der Waals surface area contributed by atoms with Crippen molar-refractivity contribution in [1.82, 2.24) is 0 Å². The number of rotatable bonds is 47. The Morgan fingerprint density at radius 1 is 0.328 bits per heavy atom. The zero-order chi connectivity index (χ0) is 42.3. The van der Waals surface area contributed by atoms with Gasteiger partial charge in [0.25, 0.3) is 0 Å². The van der Waals surface area contributed by atoms with E-state index in [1.807, 2.05) is 0 Å². The normalized spacial score (nSPS) is 12.0. The molecule has 0 aromatic rings. The number of carbonyl (C=O) groups excluding carboxylic acids is 3. The first-order valence-electron chi connectivity index (χ1n) is 25.7. The summed E-state index contributed by atoms with van der Waals surface area (Å²) in [6.07, 6.45) is 51.9.